The summed E-state index contributed by atoms with van der Waals surface area (Å²) in [6, 6.07) is 16.4. The lowest BCUT2D eigenvalue weighted by molar-refractivity contribution is -0.903. The molecule has 0 bridgehead atoms. The van der Waals surface area contributed by atoms with E-state index in [-0.39, 0.29) is 0 Å². The van der Waals surface area contributed by atoms with Crippen LogP contribution in [0, 0.1) is 0 Å². The van der Waals surface area contributed by atoms with E-state index >= 15 is 0 Å². The van der Waals surface area contributed by atoms with Crippen molar-refractivity contribution in [2.45, 2.75) is 25.9 Å². The van der Waals surface area contributed by atoms with E-state index in [0.29, 0.717) is 6.61 Å². The molecule has 28 heavy (non-hydrogen) atoms. The standard InChI is InChI=1S/C23H32N2O3/c1-3-4-19-5-9-23(10-6-19)28-18-21(26)17-24-13-15-25(16-14-24)20-7-11-22(27-2)12-8-20/h5-12,21,26H,3-4,13-18H2,1-2H3/p+1/t21-/m1/s1. The number of piperazine rings is 1. The second-order valence-corrected chi connectivity index (χ2v) is 7.50. The zero-order valence-corrected chi connectivity index (χ0v) is 17.1. The van der Waals surface area contributed by atoms with E-state index in [4.69, 9.17) is 9.47 Å². The molecular formula is C23H33N2O3+. The summed E-state index contributed by atoms with van der Waals surface area (Å²) in [6.45, 7) is 7.29. The highest BCUT2D eigenvalue weighted by atomic mass is 16.5. The lowest BCUT2D eigenvalue weighted by Gasteiger charge is -2.34. The number of benzene rings is 2. The molecule has 5 nitrogen and oxygen atoms in total. The number of ether oxygens (including phenoxy) is 2. The molecule has 2 N–H and O–H groups in total. The van der Waals surface area contributed by atoms with E-state index in [1.54, 1.807) is 7.11 Å². The van der Waals surface area contributed by atoms with Gasteiger partial charge >= 0.3 is 0 Å². The summed E-state index contributed by atoms with van der Waals surface area (Å²) < 4.78 is 11.0. The van der Waals surface area contributed by atoms with Gasteiger partial charge in [-0.05, 0) is 48.4 Å². The zero-order valence-electron chi connectivity index (χ0n) is 17.1. The minimum atomic E-state index is -0.446. The van der Waals surface area contributed by atoms with Crippen LogP contribution in [0.3, 0.4) is 0 Å². The average molecular weight is 386 g/mol. The summed E-state index contributed by atoms with van der Waals surface area (Å²) in [4.78, 5) is 3.82. The summed E-state index contributed by atoms with van der Waals surface area (Å²) in [5.74, 6) is 1.72. The first-order valence-electron chi connectivity index (χ1n) is 10.3. The van der Waals surface area contributed by atoms with Crippen LogP contribution in [0.4, 0.5) is 5.69 Å². The number of aryl methyl sites for hydroxylation is 1. The van der Waals surface area contributed by atoms with Gasteiger partial charge in [0.1, 0.15) is 30.8 Å². The van der Waals surface area contributed by atoms with Crippen molar-refractivity contribution in [1.29, 1.82) is 0 Å². The Hall–Kier alpha value is -2.24. The van der Waals surface area contributed by atoms with Crippen LogP contribution in [0.15, 0.2) is 48.5 Å². The van der Waals surface area contributed by atoms with Gasteiger partial charge in [0.05, 0.1) is 33.3 Å². The molecule has 0 unspecified atom stereocenters. The van der Waals surface area contributed by atoms with Gasteiger partial charge < -0.3 is 24.4 Å². The van der Waals surface area contributed by atoms with Crippen LogP contribution in [-0.4, -0.2) is 57.7 Å². The van der Waals surface area contributed by atoms with Gasteiger partial charge in [-0.2, -0.15) is 0 Å². The number of aliphatic hydroxyl groups is 1. The minimum Gasteiger partial charge on any atom is -0.497 e. The Kier molecular flexibility index (Phi) is 7.57. The van der Waals surface area contributed by atoms with Gasteiger partial charge in [-0.15, -0.1) is 0 Å². The van der Waals surface area contributed by atoms with E-state index in [0.717, 1.165) is 57.1 Å². The fraction of sp³-hybridized carbons (Fsp3) is 0.478. The molecule has 2 aromatic carbocycles. The molecule has 0 amide bonds. The van der Waals surface area contributed by atoms with Crippen LogP contribution in [0.2, 0.25) is 0 Å². The maximum Gasteiger partial charge on any atom is 0.137 e. The van der Waals surface area contributed by atoms with Gasteiger partial charge in [-0.3, -0.25) is 0 Å². The van der Waals surface area contributed by atoms with Crippen LogP contribution in [0.5, 0.6) is 11.5 Å². The third kappa shape index (κ3) is 5.88. The van der Waals surface area contributed by atoms with Gasteiger partial charge in [0.2, 0.25) is 0 Å². The molecule has 0 saturated carbocycles. The van der Waals surface area contributed by atoms with Gasteiger partial charge in [0.25, 0.3) is 0 Å². The van der Waals surface area contributed by atoms with Crippen molar-refractivity contribution < 1.29 is 19.5 Å². The molecule has 0 aliphatic carbocycles. The number of nitrogens with one attached hydrogen (secondary N) is 1. The molecule has 1 aliphatic rings. The lowest BCUT2D eigenvalue weighted by atomic mass is 10.1. The molecule has 0 radical (unpaired) electrons. The van der Waals surface area contributed by atoms with Crippen LogP contribution in [0.1, 0.15) is 18.9 Å². The van der Waals surface area contributed by atoms with Crippen LogP contribution < -0.4 is 19.3 Å². The second kappa shape index (κ2) is 10.3. The monoisotopic (exact) mass is 385 g/mol. The normalized spacial score (nSPS) is 16.0. The quantitative estimate of drug-likeness (QED) is 0.691. The molecule has 5 heteroatoms. The highest BCUT2D eigenvalue weighted by Crippen LogP contribution is 2.19. The Morgan fingerprint density at radius 2 is 1.64 bits per heavy atom. The molecule has 0 spiro atoms. The maximum atomic E-state index is 10.4. The number of aliphatic hydroxyl groups excluding tert-OH is 1. The van der Waals surface area contributed by atoms with Gasteiger partial charge in [-0.25, -0.2) is 0 Å². The first-order chi connectivity index (χ1) is 13.7. The number of methoxy groups -OCH3 is 1. The smallest absolute Gasteiger partial charge is 0.137 e. The number of anilines is 1. The molecule has 3 rings (SSSR count). The second-order valence-electron chi connectivity index (χ2n) is 7.50. The van der Waals surface area contributed by atoms with E-state index in [1.165, 1.54) is 16.2 Å². The van der Waals surface area contributed by atoms with Crippen LogP contribution in [0.25, 0.3) is 0 Å². The lowest BCUT2D eigenvalue weighted by Crippen LogP contribution is -3.16. The predicted octanol–water partition coefficient (Wildman–Crippen LogP) is 1.79. The molecule has 1 atom stereocenters. The highest BCUT2D eigenvalue weighted by molar-refractivity contribution is 5.49. The molecule has 0 aromatic heterocycles. The zero-order chi connectivity index (χ0) is 19.8. The third-order valence-electron chi connectivity index (χ3n) is 5.34. The average Bonchev–Trinajstić information content (AvgIpc) is 2.74. The number of rotatable bonds is 9. The fourth-order valence-corrected chi connectivity index (χ4v) is 3.70. The Morgan fingerprint density at radius 1 is 1.00 bits per heavy atom. The SMILES string of the molecule is CCCc1ccc(OC[C@H](O)C[NH+]2CCN(c3ccc(OC)cc3)CC2)cc1. The minimum absolute atomic E-state index is 0.346. The fourth-order valence-electron chi connectivity index (χ4n) is 3.70. The predicted molar refractivity (Wildman–Crippen MR) is 113 cm³/mol. The Balaban J connectivity index is 1.38. The van der Waals surface area contributed by atoms with Gasteiger partial charge in [0, 0.05) is 5.69 Å². The first kappa shape index (κ1) is 20.5. The van der Waals surface area contributed by atoms with Crippen molar-refractivity contribution in [3.8, 4) is 11.5 Å². The van der Waals surface area contributed by atoms with E-state index in [1.807, 2.05) is 24.3 Å². The van der Waals surface area contributed by atoms with Crippen LogP contribution in [-0.2, 0) is 6.42 Å². The topological polar surface area (TPSA) is 46.4 Å². The van der Waals surface area contributed by atoms with E-state index < -0.39 is 6.10 Å². The maximum absolute atomic E-state index is 10.4. The number of hydrogen-bond acceptors (Lipinski definition) is 4. The number of quaternary nitrogens is 1. The van der Waals surface area contributed by atoms with E-state index in [9.17, 15) is 5.11 Å². The number of hydrogen-bond donors (Lipinski definition) is 2. The molecule has 1 saturated heterocycles. The van der Waals surface area contributed by atoms with Crippen molar-refractivity contribution >= 4 is 5.69 Å². The molecule has 1 fully saturated rings. The van der Waals surface area contributed by atoms with E-state index in [2.05, 4.69) is 36.1 Å². The van der Waals surface area contributed by atoms with Gasteiger partial charge in [0.15, 0.2) is 0 Å². The Morgan fingerprint density at radius 3 is 2.25 bits per heavy atom. The molecule has 152 valence electrons. The Bertz CT molecular complexity index is 695. The summed E-state index contributed by atoms with van der Waals surface area (Å²) in [6.07, 6.45) is 1.79. The third-order valence-corrected chi connectivity index (χ3v) is 5.34. The summed E-state index contributed by atoms with van der Waals surface area (Å²) in [5.41, 5.74) is 2.56. The van der Waals surface area contributed by atoms with Crippen molar-refractivity contribution in [3.05, 3.63) is 54.1 Å². The van der Waals surface area contributed by atoms with Crippen LogP contribution >= 0.6 is 0 Å². The summed E-state index contributed by atoms with van der Waals surface area (Å²) in [5, 5.41) is 10.4. The molecular weight excluding hydrogens is 352 g/mol. The van der Waals surface area contributed by atoms with Crippen molar-refractivity contribution in [1.82, 2.24) is 0 Å². The van der Waals surface area contributed by atoms with Crippen molar-refractivity contribution in [2.75, 3.05) is 51.3 Å². The largest absolute Gasteiger partial charge is 0.497 e. The molecule has 2 aromatic rings. The molecule has 1 aliphatic heterocycles. The first-order valence-corrected chi connectivity index (χ1v) is 10.3. The van der Waals surface area contributed by atoms with Gasteiger partial charge in [-0.1, -0.05) is 25.5 Å². The Labute approximate surface area is 168 Å². The highest BCUT2D eigenvalue weighted by Gasteiger charge is 2.23. The number of nitrogens with zero attached hydrogens (tertiary/aromatic N) is 1. The van der Waals surface area contributed by atoms with Crippen molar-refractivity contribution in [3.63, 3.8) is 0 Å². The van der Waals surface area contributed by atoms with Crippen molar-refractivity contribution in [2.24, 2.45) is 0 Å². The molecule has 1 heterocycles. The summed E-state index contributed by atoms with van der Waals surface area (Å²) >= 11 is 0. The summed E-state index contributed by atoms with van der Waals surface area (Å²) in [7, 11) is 1.69.